The Morgan fingerprint density at radius 2 is 2.27 bits per heavy atom. The standard InChI is InChI=1S/C12H20N2O/c1-10(2)12(5-7-15)14-9-11-4-3-6-13-8-11/h3-4,6,8,10,12,14-15H,5,7,9H2,1-2H3. The summed E-state index contributed by atoms with van der Waals surface area (Å²) < 4.78 is 0. The van der Waals surface area contributed by atoms with Crippen molar-refractivity contribution in [3.05, 3.63) is 30.1 Å². The second kappa shape index (κ2) is 6.53. The highest BCUT2D eigenvalue weighted by atomic mass is 16.3. The van der Waals surface area contributed by atoms with Crippen LogP contribution in [0.1, 0.15) is 25.8 Å². The minimum Gasteiger partial charge on any atom is -0.396 e. The zero-order chi connectivity index (χ0) is 11.1. The van der Waals surface area contributed by atoms with Crippen molar-refractivity contribution < 1.29 is 5.11 Å². The van der Waals surface area contributed by atoms with Crippen molar-refractivity contribution in [2.75, 3.05) is 6.61 Å². The van der Waals surface area contributed by atoms with Crippen molar-refractivity contribution in [1.29, 1.82) is 0 Å². The van der Waals surface area contributed by atoms with Crippen LogP contribution in [-0.4, -0.2) is 22.7 Å². The van der Waals surface area contributed by atoms with Gasteiger partial charge in [0.1, 0.15) is 0 Å². The van der Waals surface area contributed by atoms with E-state index in [0.29, 0.717) is 12.0 Å². The average molecular weight is 208 g/mol. The summed E-state index contributed by atoms with van der Waals surface area (Å²) in [4.78, 5) is 4.06. The lowest BCUT2D eigenvalue weighted by Gasteiger charge is -2.21. The molecule has 0 saturated heterocycles. The van der Waals surface area contributed by atoms with E-state index in [4.69, 9.17) is 5.11 Å². The van der Waals surface area contributed by atoms with Gasteiger partial charge in [-0.3, -0.25) is 4.98 Å². The number of hydrogen-bond acceptors (Lipinski definition) is 3. The molecule has 2 N–H and O–H groups in total. The molecule has 3 nitrogen and oxygen atoms in total. The summed E-state index contributed by atoms with van der Waals surface area (Å²) in [5, 5.41) is 12.4. The van der Waals surface area contributed by atoms with Crippen molar-refractivity contribution in [2.24, 2.45) is 5.92 Å². The Morgan fingerprint density at radius 3 is 2.80 bits per heavy atom. The van der Waals surface area contributed by atoms with E-state index in [9.17, 15) is 0 Å². The van der Waals surface area contributed by atoms with Crippen molar-refractivity contribution in [1.82, 2.24) is 10.3 Å². The quantitative estimate of drug-likeness (QED) is 0.746. The van der Waals surface area contributed by atoms with Crippen LogP contribution in [0.5, 0.6) is 0 Å². The third kappa shape index (κ3) is 4.40. The van der Waals surface area contributed by atoms with Crippen LogP contribution in [0, 0.1) is 5.92 Å². The van der Waals surface area contributed by atoms with Gasteiger partial charge in [-0.15, -0.1) is 0 Å². The van der Waals surface area contributed by atoms with Crippen molar-refractivity contribution in [2.45, 2.75) is 32.9 Å². The first kappa shape index (κ1) is 12.1. The Bertz CT molecular complexity index is 262. The maximum atomic E-state index is 8.93. The summed E-state index contributed by atoms with van der Waals surface area (Å²) in [7, 11) is 0. The van der Waals surface area contributed by atoms with Crippen LogP contribution in [0.2, 0.25) is 0 Å². The lowest BCUT2D eigenvalue weighted by Crippen LogP contribution is -2.34. The molecule has 1 heterocycles. The summed E-state index contributed by atoms with van der Waals surface area (Å²) in [5.74, 6) is 0.536. The Balaban J connectivity index is 2.40. The minimum atomic E-state index is 0.239. The van der Waals surface area contributed by atoms with Crippen LogP contribution >= 0.6 is 0 Å². The molecule has 0 amide bonds. The molecule has 0 aliphatic rings. The Kier molecular flexibility index (Phi) is 5.29. The molecule has 0 spiro atoms. The van der Waals surface area contributed by atoms with Crippen LogP contribution in [0.4, 0.5) is 0 Å². The molecule has 0 aliphatic carbocycles. The van der Waals surface area contributed by atoms with Gasteiger partial charge in [0.25, 0.3) is 0 Å². The number of hydrogen-bond donors (Lipinski definition) is 2. The number of pyridine rings is 1. The third-order valence-corrected chi connectivity index (χ3v) is 2.54. The molecule has 1 rings (SSSR count). The van der Waals surface area contributed by atoms with E-state index in [2.05, 4.69) is 30.2 Å². The molecule has 0 bridgehead atoms. The number of aliphatic hydroxyl groups excluding tert-OH is 1. The fourth-order valence-corrected chi connectivity index (χ4v) is 1.56. The maximum Gasteiger partial charge on any atom is 0.0445 e. The van der Waals surface area contributed by atoms with Gasteiger partial charge in [0, 0.05) is 31.6 Å². The molecule has 1 unspecified atom stereocenters. The van der Waals surface area contributed by atoms with Crippen LogP contribution in [0.25, 0.3) is 0 Å². The fraction of sp³-hybridized carbons (Fsp3) is 0.583. The van der Waals surface area contributed by atoms with E-state index < -0.39 is 0 Å². The number of nitrogens with one attached hydrogen (secondary N) is 1. The van der Waals surface area contributed by atoms with E-state index in [0.717, 1.165) is 13.0 Å². The van der Waals surface area contributed by atoms with Crippen LogP contribution in [0.15, 0.2) is 24.5 Å². The molecule has 1 aromatic rings. The van der Waals surface area contributed by atoms with Crippen LogP contribution in [-0.2, 0) is 6.54 Å². The van der Waals surface area contributed by atoms with Gasteiger partial charge in [0.05, 0.1) is 0 Å². The van der Waals surface area contributed by atoms with Crippen molar-refractivity contribution in [3.8, 4) is 0 Å². The summed E-state index contributed by atoms with van der Waals surface area (Å²) in [6, 6.07) is 4.36. The summed E-state index contributed by atoms with van der Waals surface area (Å²) in [6.07, 6.45) is 4.44. The highest BCUT2D eigenvalue weighted by molar-refractivity contribution is 5.08. The van der Waals surface area contributed by atoms with E-state index in [1.165, 1.54) is 5.56 Å². The smallest absolute Gasteiger partial charge is 0.0445 e. The summed E-state index contributed by atoms with van der Waals surface area (Å²) in [6.45, 7) is 5.38. The van der Waals surface area contributed by atoms with Crippen molar-refractivity contribution in [3.63, 3.8) is 0 Å². The monoisotopic (exact) mass is 208 g/mol. The Hall–Kier alpha value is -0.930. The summed E-state index contributed by atoms with van der Waals surface area (Å²) >= 11 is 0. The third-order valence-electron chi connectivity index (χ3n) is 2.54. The van der Waals surface area contributed by atoms with Gasteiger partial charge in [0.15, 0.2) is 0 Å². The molecule has 15 heavy (non-hydrogen) atoms. The highest BCUT2D eigenvalue weighted by Crippen LogP contribution is 2.06. The molecule has 0 fully saturated rings. The molecule has 0 radical (unpaired) electrons. The predicted octanol–water partition coefficient (Wildman–Crippen LogP) is 1.58. The van der Waals surface area contributed by atoms with Crippen LogP contribution in [0.3, 0.4) is 0 Å². The van der Waals surface area contributed by atoms with E-state index >= 15 is 0 Å². The van der Waals surface area contributed by atoms with Gasteiger partial charge in [-0.2, -0.15) is 0 Å². The van der Waals surface area contributed by atoms with Gasteiger partial charge in [0.2, 0.25) is 0 Å². The van der Waals surface area contributed by atoms with Gasteiger partial charge in [-0.1, -0.05) is 19.9 Å². The normalized spacial score (nSPS) is 13.1. The zero-order valence-electron chi connectivity index (χ0n) is 9.48. The maximum absolute atomic E-state index is 8.93. The number of rotatable bonds is 6. The molecule has 0 aliphatic heterocycles. The second-order valence-corrected chi connectivity index (χ2v) is 4.10. The first-order valence-electron chi connectivity index (χ1n) is 5.47. The average Bonchev–Trinajstić information content (AvgIpc) is 2.25. The number of aliphatic hydroxyl groups is 1. The lowest BCUT2D eigenvalue weighted by molar-refractivity contribution is 0.244. The Morgan fingerprint density at radius 1 is 1.47 bits per heavy atom. The molecular formula is C12H20N2O. The Labute approximate surface area is 91.5 Å². The first-order chi connectivity index (χ1) is 7.24. The molecule has 84 valence electrons. The van der Waals surface area contributed by atoms with Gasteiger partial charge in [-0.05, 0) is 24.0 Å². The fourth-order valence-electron chi connectivity index (χ4n) is 1.56. The minimum absolute atomic E-state index is 0.239. The zero-order valence-corrected chi connectivity index (χ0v) is 9.48. The molecule has 1 atom stereocenters. The van der Waals surface area contributed by atoms with Gasteiger partial charge < -0.3 is 10.4 Å². The van der Waals surface area contributed by atoms with Gasteiger partial charge in [-0.25, -0.2) is 0 Å². The van der Waals surface area contributed by atoms with E-state index in [-0.39, 0.29) is 6.61 Å². The molecule has 3 heteroatoms. The first-order valence-corrected chi connectivity index (χ1v) is 5.47. The lowest BCUT2D eigenvalue weighted by atomic mass is 10.0. The SMILES string of the molecule is CC(C)C(CCO)NCc1cccnc1. The van der Waals surface area contributed by atoms with E-state index in [1.807, 2.05) is 12.3 Å². The highest BCUT2D eigenvalue weighted by Gasteiger charge is 2.11. The molecule has 0 aromatic carbocycles. The topological polar surface area (TPSA) is 45.1 Å². The number of aromatic nitrogens is 1. The largest absolute Gasteiger partial charge is 0.396 e. The molecule has 1 aromatic heterocycles. The predicted molar refractivity (Wildman–Crippen MR) is 61.4 cm³/mol. The molecular weight excluding hydrogens is 188 g/mol. The number of nitrogens with zero attached hydrogens (tertiary/aromatic N) is 1. The van der Waals surface area contributed by atoms with Crippen molar-refractivity contribution >= 4 is 0 Å². The van der Waals surface area contributed by atoms with Crippen LogP contribution < -0.4 is 5.32 Å². The summed E-state index contributed by atoms with van der Waals surface area (Å²) in [5.41, 5.74) is 1.18. The van der Waals surface area contributed by atoms with Gasteiger partial charge >= 0.3 is 0 Å². The second-order valence-electron chi connectivity index (χ2n) is 4.10. The molecule has 0 saturated carbocycles. The van der Waals surface area contributed by atoms with E-state index in [1.54, 1.807) is 6.20 Å².